The topological polar surface area (TPSA) is 46.9 Å². The van der Waals surface area contributed by atoms with Gasteiger partial charge in [0.15, 0.2) is 0 Å². The molecule has 4 saturated heterocycles. The van der Waals surface area contributed by atoms with Gasteiger partial charge in [0.1, 0.15) is 6.23 Å². The summed E-state index contributed by atoms with van der Waals surface area (Å²) in [7, 11) is 2.19. The number of piperidine rings is 4. The third-order valence-electron chi connectivity index (χ3n) is 8.46. The molecule has 1 saturated carbocycles. The van der Waals surface area contributed by atoms with E-state index in [1.165, 1.54) is 11.3 Å². The van der Waals surface area contributed by atoms with Crippen LogP contribution in [0.3, 0.4) is 0 Å². The largest absolute Gasteiger partial charge is 0.392 e. The summed E-state index contributed by atoms with van der Waals surface area (Å²) in [5.74, 6) is 1.14. The lowest BCUT2D eigenvalue weighted by atomic mass is 9.62. The molecule has 1 aromatic carbocycles. The summed E-state index contributed by atoms with van der Waals surface area (Å²) in [6, 6.07) is 9.70. The van der Waals surface area contributed by atoms with Crippen LogP contribution in [-0.4, -0.2) is 52.6 Å². The summed E-state index contributed by atoms with van der Waals surface area (Å²) >= 11 is 0. The van der Waals surface area contributed by atoms with Crippen molar-refractivity contribution in [1.82, 2.24) is 4.90 Å². The summed E-state index contributed by atoms with van der Waals surface area (Å²) < 4.78 is 0. The van der Waals surface area contributed by atoms with Crippen LogP contribution in [0.2, 0.25) is 0 Å². The lowest BCUT2D eigenvalue weighted by molar-refractivity contribution is -0.211. The average Bonchev–Trinajstić information content (AvgIpc) is 2.97. The monoisotopic (exact) mass is 326 g/mol. The molecule has 4 nitrogen and oxygen atoms in total. The number of benzene rings is 1. The van der Waals surface area contributed by atoms with Crippen molar-refractivity contribution >= 4 is 5.69 Å². The second kappa shape index (κ2) is 4.17. The summed E-state index contributed by atoms with van der Waals surface area (Å²) in [6.07, 6.45) is 2.56. The Morgan fingerprint density at radius 1 is 1.21 bits per heavy atom. The molecule has 24 heavy (non-hydrogen) atoms. The van der Waals surface area contributed by atoms with E-state index in [1.807, 2.05) is 0 Å². The van der Waals surface area contributed by atoms with Gasteiger partial charge in [-0.05, 0) is 36.8 Å². The van der Waals surface area contributed by atoms with Gasteiger partial charge in [0.25, 0.3) is 0 Å². The molecule has 2 N–H and O–H groups in total. The SMILES string of the molecule is CC[C@H]1C2CC3[C@@H]4N(C)c5ccccc5[C@]45C[C@@H]([C@H]2[C@H]5O)N3[C@H]1O. The van der Waals surface area contributed by atoms with Gasteiger partial charge in [0.05, 0.1) is 12.1 Å². The Balaban J connectivity index is 1.60. The number of fused-ring (bicyclic) bond motifs is 2. The van der Waals surface area contributed by atoms with Gasteiger partial charge in [0.2, 0.25) is 0 Å². The van der Waals surface area contributed by atoms with E-state index in [-0.39, 0.29) is 17.7 Å². The van der Waals surface area contributed by atoms with E-state index in [4.69, 9.17) is 0 Å². The lowest BCUT2D eigenvalue weighted by Crippen LogP contribution is -2.72. The molecule has 5 heterocycles. The maximum Gasteiger partial charge on any atom is 0.111 e. The van der Waals surface area contributed by atoms with E-state index in [2.05, 4.69) is 48.0 Å². The molecule has 5 aliphatic heterocycles. The number of hydrogen-bond donors (Lipinski definition) is 2. The molecule has 128 valence electrons. The molecule has 0 amide bonds. The van der Waals surface area contributed by atoms with Gasteiger partial charge in [-0.3, -0.25) is 4.90 Å². The Hall–Kier alpha value is -1.10. The third kappa shape index (κ3) is 1.20. The van der Waals surface area contributed by atoms with Gasteiger partial charge in [-0.25, -0.2) is 0 Å². The Kier molecular flexibility index (Phi) is 2.45. The molecule has 4 heteroatoms. The molecule has 0 aromatic heterocycles. The Morgan fingerprint density at radius 3 is 2.79 bits per heavy atom. The number of aliphatic hydroxyl groups is 2. The molecule has 0 radical (unpaired) electrons. The van der Waals surface area contributed by atoms with E-state index in [1.54, 1.807) is 0 Å². The second-order valence-corrected chi connectivity index (χ2v) is 8.81. The molecule has 3 unspecified atom stereocenters. The van der Waals surface area contributed by atoms with Crippen LogP contribution < -0.4 is 4.90 Å². The van der Waals surface area contributed by atoms with Crippen LogP contribution in [0.15, 0.2) is 24.3 Å². The predicted molar refractivity (Wildman–Crippen MR) is 91.7 cm³/mol. The average molecular weight is 326 g/mol. The lowest BCUT2D eigenvalue weighted by Gasteiger charge is -2.62. The quantitative estimate of drug-likeness (QED) is 0.822. The zero-order valence-electron chi connectivity index (χ0n) is 14.3. The fourth-order valence-electron chi connectivity index (χ4n) is 7.88. The fourth-order valence-corrected chi connectivity index (χ4v) is 7.88. The molecule has 1 aliphatic carbocycles. The first kappa shape index (κ1) is 14.1. The Morgan fingerprint density at radius 2 is 2.00 bits per heavy atom. The minimum absolute atomic E-state index is 0.126. The standard InChI is InChI=1S/C20H26N2O2/c1-3-10-11-8-14-17-20(12-6-4-5-7-13(12)21(17)2)9-15(16(11)18(20)23)22(14)19(10)24/h4-7,10-11,14-19,23-24H,3,8-9H2,1-2H3/t10-,11?,14?,15-,16-,17-,18+,19-,20+/m0/s1. The van der Waals surface area contributed by atoms with Gasteiger partial charge < -0.3 is 15.1 Å². The van der Waals surface area contributed by atoms with Gasteiger partial charge in [-0.1, -0.05) is 25.1 Å². The van der Waals surface area contributed by atoms with E-state index >= 15 is 0 Å². The first-order chi connectivity index (χ1) is 11.6. The molecular weight excluding hydrogens is 300 g/mol. The maximum absolute atomic E-state index is 11.6. The maximum atomic E-state index is 11.6. The molecule has 10 atom stereocenters. The first-order valence-corrected chi connectivity index (χ1v) is 9.57. The van der Waals surface area contributed by atoms with Crippen LogP contribution in [-0.2, 0) is 5.41 Å². The molecule has 5 fully saturated rings. The zero-order valence-corrected chi connectivity index (χ0v) is 14.3. The number of anilines is 1. The van der Waals surface area contributed by atoms with Crippen LogP contribution in [0.5, 0.6) is 0 Å². The summed E-state index contributed by atoms with van der Waals surface area (Å²) in [6.45, 7) is 2.19. The van der Waals surface area contributed by atoms with Crippen molar-refractivity contribution in [2.24, 2.45) is 17.8 Å². The number of nitrogens with zero attached hydrogens (tertiary/aromatic N) is 2. The highest BCUT2D eigenvalue weighted by Crippen LogP contribution is 2.68. The molecule has 5 bridgehead atoms. The number of likely N-dealkylation sites (N-methyl/N-ethyl adjacent to an activating group) is 1. The minimum Gasteiger partial charge on any atom is -0.392 e. The van der Waals surface area contributed by atoms with E-state index < -0.39 is 0 Å². The zero-order chi connectivity index (χ0) is 16.4. The number of aliphatic hydroxyl groups excluding tert-OH is 2. The van der Waals surface area contributed by atoms with Crippen molar-refractivity contribution in [2.45, 2.75) is 62.1 Å². The van der Waals surface area contributed by atoms with Crippen molar-refractivity contribution in [2.75, 3.05) is 11.9 Å². The molecule has 1 spiro atoms. The van der Waals surface area contributed by atoms with Crippen molar-refractivity contribution < 1.29 is 10.2 Å². The van der Waals surface area contributed by atoms with E-state index in [9.17, 15) is 10.2 Å². The highest BCUT2D eigenvalue weighted by molar-refractivity contribution is 5.67. The number of rotatable bonds is 1. The Bertz CT molecular complexity index is 723. The van der Waals surface area contributed by atoms with Crippen molar-refractivity contribution in [3.8, 4) is 0 Å². The highest BCUT2D eigenvalue weighted by Gasteiger charge is 2.76. The smallest absolute Gasteiger partial charge is 0.111 e. The van der Waals surface area contributed by atoms with E-state index in [0.29, 0.717) is 35.9 Å². The second-order valence-electron chi connectivity index (χ2n) is 8.81. The van der Waals surface area contributed by atoms with Crippen LogP contribution in [0.4, 0.5) is 5.69 Å². The molecular formula is C20H26N2O2. The molecule has 6 aliphatic rings. The van der Waals surface area contributed by atoms with Crippen LogP contribution in [0.1, 0.15) is 31.7 Å². The van der Waals surface area contributed by atoms with Gasteiger partial charge >= 0.3 is 0 Å². The Labute approximate surface area is 143 Å². The number of hydrogen-bond acceptors (Lipinski definition) is 4. The summed E-state index contributed by atoms with van der Waals surface area (Å²) in [5, 5.41) is 22.6. The third-order valence-corrected chi connectivity index (χ3v) is 8.46. The normalized spacial score (nSPS) is 55.8. The minimum atomic E-state index is -0.319. The van der Waals surface area contributed by atoms with Crippen LogP contribution in [0.25, 0.3) is 0 Å². The van der Waals surface area contributed by atoms with Crippen molar-refractivity contribution in [1.29, 1.82) is 0 Å². The predicted octanol–water partition coefficient (Wildman–Crippen LogP) is 1.55. The van der Waals surface area contributed by atoms with Crippen molar-refractivity contribution in [3.63, 3.8) is 0 Å². The fraction of sp³-hybridized carbons (Fsp3) is 0.700. The van der Waals surface area contributed by atoms with Crippen LogP contribution in [0, 0.1) is 17.8 Å². The van der Waals surface area contributed by atoms with Gasteiger partial charge in [-0.15, -0.1) is 0 Å². The van der Waals surface area contributed by atoms with Gasteiger partial charge in [0, 0.05) is 42.1 Å². The van der Waals surface area contributed by atoms with Crippen molar-refractivity contribution in [3.05, 3.63) is 29.8 Å². The first-order valence-electron chi connectivity index (χ1n) is 9.57. The van der Waals surface area contributed by atoms with Crippen LogP contribution >= 0.6 is 0 Å². The number of para-hydroxylation sites is 1. The highest BCUT2D eigenvalue weighted by atomic mass is 16.3. The molecule has 7 rings (SSSR count). The summed E-state index contributed by atoms with van der Waals surface area (Å²) in [5.41, 5.74) is 2.51. The van der Waals surface area contributed by atoms with E-state index in [0.717, 1.165) is 19.3 Å². The molecule has 1 aromatic rings. The van der Waals surface area contributed by atoms with Gasteiger partial charge in [-0.2, -0.15) is 0 Å². The summed E-state index contributed by atoms with van der Waals surface area (Å²) in [4.78, 5) is 4.83.